The highest BCUT2D eigenvalue weighted by atomic mass is 35.5. The van der Waals surface area contributed by atoms with Crippen LogP contribution in [0.25, 0.3) is 0 Å². The molecule has 0 saturated carbocycles. The highest BCUT2D eigenvalue weighted by Gasteiger charge is 2.11. The van der Waals surface area contributed by atoms with Crippen molar-refractivity contribution in [2.45, 2.75) is 0 Å². The lowest BCUT2D eigenvalue weighted by Gasteiger charge is -2.08. The van der Waals surface area contributed by atoms with Gasteiger partial charge in [0.05, 0.1) is 21.2 Å². The molecule has 0 aliphatic carbocycles. The number of amides is 2. The number of benzene rings is 3. The Labute approximate surface area is 198 Å². The number of anilines is 1. The molecule has 0 saturated heterocycles. The third kappa shape index (κ3) is 7.03. The third-order valence-electron chi connectivity index (χ3n) is 4.13. The molecule has 3 aromatic carbocycles. The van der Waals surface area contributed by atoms with Crippen LogP contribution in [0.3, 0.4) is 0 Å². The van der Waals surface area contributed by atoms with Crippen molar-refractivity contribution in [3.05, 3.63) is 98.0 Å². The summed E-state index contributed by atoms with van der Waals surface area (Å²) >= 11 is 11.8. The predicted molar refractivity (Wildman–Crippen MR) is 125 cm³/mol. The van der Waals surface area contributed by atoms with E-state index in [9.17, 15) is 19.7 Å². The number of nitrogens with one attached hydrogen (secondary N) is 2. The van der Waals surface area contributed by atoms with Crippen LogP contribution in [0, 0.1) is 10.1 Å². The van der Waals surface area contributed by atoms with Crippen molar-refractivity contribution in [1.29, 1.82) is 0 Å². The van der Waals surface area contributed by atoms with Crippen molar-refractivity contribution < 1.29 is 19.2 Å². The summed E-state index contributed by atoms with van der Waals surface area (Å²) in [5.74, 6) is -0.578. The van der Waals surface area contributed by atoms with Crippen LogP contribution < -0.4 is 15.5 Å². The molecule has 9 nitrogen and oxygen atoms in total. The molecule has 33 heavy (non-hydrogen) atoms. The molecule has 3 rings (SSSR count). The zero-order chi connectivity index (χ0) is 23.8. The molecule has 2 amide bonds. The van der Waals surface area contributed by atoms with E-state index >= 15 is 0 Å². The average molecular weight is 487 g/mol. The van der Waals surface area contributed by atoms with Crippen molar-refractivity contribution in [3.8, 4) is 5.75 Å². The van der Waals surface area contributed by atoms with Gasteiger partial charge in [0, 0.05) is 23.4 Å². The van der Waals surface area contributed by atoms with Gasteiger partial charge in [-0.1, -0.05) is 41.4 Å². The Hall–Kier alpha value is -3.95. The first-order valence-corrected chi connectivity index (χ1v) is 10.1. The van der Waals surface area contributed by atoms with E-state index in [0.29, 0.717) is 27.0 Å². The van der Waals surface area contributed by atoms with Gasteiger partial charge in [0.25, 0.3) is 17.5 Å². The lowest BCUT2D eigenvalue weighted by molar-refractivity contribution is -0.384. The number of ether oxygens (including phenoxy) is 1. The lowest BCUT2D eigenvalue weighted by Crippen LogP contribution is -2.20. The van der Waals surface area contributed by atoms with E-state index in [0.717, 1.165) is 6.07 Å². The smallest absolute Gasteiger partial charge is 0.271 e. The maximum absolute atomic E-state index is 12.1. The second kappa shape index (κ2) is 11.1. The van der Waals surface area contributed by atoms with E-state index in [1.165, 1.54) is 30.5 Å². The van der Waals surface area contributed by atoms with Gasteiger partial charge in [-0.3, -0.25) is 19.7 Å². The highest BCUT2D eigenvalue weighted by molar-refractivity contribution is 6.42. The summed E-state index contributed by atoms with van der Waals surface area (Å²) in [7, 11) is 0. The molecule has 0 atom stereocenters. The SMILES string of the molecule is O=C(COc1cccc(C=NNC(=O)c2cccc([N+](=O)[O-])c2)c1)Nc1ccc(Cl)c(Cl)c1. The van der Waals surface area contributed by atoms with Crippen LogP contribution >= 0.6 is 23.2 Å². The number of carbonyl (C=O) groups is 2. The van der Waals surface area contributed by atoms with Crippen LogP contribution in [0.5, 0.6) is 5.75 Å². The molecule has 2 N–H and O–H groups in total. The van der Waals surface area contributed by atoms with Crippen molar-refractivity contribution in [3.63, 3.8) is 0 Å². The molecule has 11 heteroatoms. The van der Waals surface area contributed by atoms with Gasteiger partial charge in [0.15, 0.2) is 6.61 Å². The summed E-state index contributed by atoms with van der Waals surface area (Å²) in [6.07, 6.45) is 1.37. The largest absolute Gasteiger partial charge is 0.484 e. The van der Waals surface area contributed by atoms with Crippen molar-refractivity contribution in [2.75, 3.05) is 11.9 Å². The number of nitro groups is 1. The molecule has 0 heterocycles. The molecular formula is C22H16Cl2N4O5. The van der Waals surface area contributed by atoms with Crippen molar-refractivity contribution >= 4 is 52.6 Å². The minimum absolute atomic E-state index is 0.103. The van der Waals surface area contributed by atoms with Gasteiger partial charge in [-0.25, -0.2) is 5.43 Å². The van der Waals surface area contributed by atoms with Gasteiger partial charge >= 0.3 is 0 Å². The van der Waals surface area contributed by atoms with Gasteiger partial charge in [0.2, 0.25) is 0 Å². The number of hydrogen-bond donors (Lipinski definition) is 2. The Morgan fingerprint density at radius 3 is 2.58 bits per heavy atom. The van der Waals surface area contributed by atoms with E-state index in [2.05, 4.69) is 15.8 Å². The Balaban J connectivity index is 1.53. The molecule has 0 fully saturated rings. The number of hydrogen-bond acceptors (Lipinski definition) is 6. The van der Waals surface area contributed by atoms with E-state index < -0.39 is 16.7 Å². The normalized spacial score (nSPS) is 10.6. The van der Waals surface area contributed by atoms with E-state index in [1.54, 1.807) is 36.4 Å². The number of nitrogens with zero attached hydrogens (tertiary/aromatic N) is 2. The van der Waals surface area contributed by atoms with Crippen LogP contribution in [0.1, 0.15) is 15.9 Å². The maximum Gasteiger partial charge on any atom is 0.271 e. The first kappa shape index (κ1) is 23.7. The predicted octanol–water partition coefficient (Wildman–Crippen LogP) is 4.68. The zero-order valence-corrected chi connectivity index (χ0v) is 18.3. The summed E-state index contributed by atoms with van der Waals surface area (Å²) < 4.78 is 5.48. The molecule has 3 aromatic rings. The second-order valence-corrected chi connectivity index (χ2v) is 7.36. The number of halogens is 2. The van der Waals surface area contributed by atoms with Crippen LogP contribution in [0.4, 0.5) is 11.4 Å². The number of rotatable bonds is 8. The fourth-order valence-corrected chi connectivity index (χ4v) is 2.89. The summed E-state index contributed by atoms with van der Waals surface area (Å²) in [6, 6.07) is 16.7. The molecular weight excluding hydrogens is 471 g/mol. The molecule has 0 radical (unpaired) electrons. The van der Waals surface area contributed by atoms with Gasteiger partial charge in [0.1, 0.15) is 5.75 Å². The lowest BCUT2D eigenvalue weighted by atomic mass is 10.2. The van der Waals surface area contributed by atoms with E-state index in [-0.39, 0.29) is 17.9 Å². The minimum atomic E-state index is -0.596. The summed E-state index contributed by atoms with van der Waals surface area (Å²) in [5, 5.41) is 18.0. The van der Waals surface area contributed by atoms with E-state index in [4.69, 9.17) is 27.9 Å². The number of carbonyl (C=O) groups excluding carboxylic acids is 2. The molecule has 168 valence electrons. The average Bonchev–Trinajstić information content (AvgIpc) is 2.80. The Morgan fingerprint density at radius 1 is 1.03 bits per heavy atom. The Morgan fingerprint density at radius 2 is 1.82 bits per heavy atom. The second-order valence-electron chi connectivity index (χ2n) is 6.54. The fourth-order valence-electron chi connectivity index (χ4n) is 2.60. The first-order chi connectivity index (χ1) is 15.8. The molecule has 0 unspecified atom stereocenters. The molecule has 0 aliphatic heterocycles. The standard InChI is InChI=1S/C22H16Cl2N4O5/c23-19-8-7-16(11-20(19)24)26-21(29)13-33-18-6-1-3-14(9-18)12-25-27-22(30)15-4-2-5-17(10-15)28(31)32/h1-12H,13H2,(H,26,29)(H,27,30). The van der Waals surface area contributed by atoms with E-state index in [1.807, 2.05) is 0 Å². The number of non-ortho nitro benzene ring substituents is 1. The summed E-state index contributed by atoms with van der Waals surface area (Å²) in [6.45, 7) is -0.246. The summed E-state index contributed by atoms with van der Waals surface area (Å²) in [5.41, 5.74) is 3.29. The molecule has 0 aromatic heterocycles. The molecule has 0 bridgehead atoms. The van der Waals surface area contributed by atoms with Crippen LogP contribution in [-0.4, -0.2) is 29.6 Å². The monoisotopic (exact) mass is 486 g/mol. The number of hydrazone groups is 1. The van der Waals surface area contributed by atoms with Crippen molar-refractivity contribution in [1.82, 2.24) is 5.43 Å². The van der Waals surface area contributed by atoms with Crippen LogP contribution in [-0.2, 0) is 4.79 Å². The molecule has 0 spiro atoms. The topological polar surface area (TPSA) is 123 Å². The highest BCUT2D eigenvalue weighted by Crippen LogP contribution is 2.25. The quantitative estimate of drug-likeness (QED) is 0.271. The fraction of sp³-hybridized carbons (Fsp3) is 0.0455. The van der Waals surface area contributed by atoms with Gasteiger partial charge in [-0.2, -0.15) is 5.10 Å². The zero-order valence-electron chi connectivity index (χ0n) is 16.8. The summed E-state index contributed by atoms with van der Waals surface area (Å²) in [4.78, 5) is 34.4. The Kier molecular flexibility index (Phi) is 7.96. The van der Waals surface area contributed by atoms with Gasteiger partial charge in [-0.15, -0.1) is 0 Å². The first-order valence-electron chi connectivity index (χ1n) is 9.37. The third-order valence-corrected chi connectivity index (χ3v) is 4.87. The van der Waals surface area contributed by atoms with Crippen molar-refractivity contribution in [2.24, 2.45) is 5.10 Å². The number of nitro benzene ring substituents is 1. The van der Waals surface area contributed by atoms with Crippen LogP contribution in [0.15, 0.2) is 71.8 Å². The Bertz CT molecular complexity index is 1230. The maximum atomic E-state index is 12.1. The van der Waals surface area contributed by atoms with Crippen LogP contribution in [0.2, 0.25) is 10.0 Å². The van der Waals surface area contributed by atoms with Gasteiger partial charge < -0.3 is 10.1 Å². The minimum Gasteiger partial charge on any atom is -0.484 e. The molecule has 0 aliphatic rings. The van der Waals surface area contributed by atoms with Gasteiger partial charge in [-0.05, 0) is 42.0 Å².